The molecule has 0 aliphatic carbocycles. The van der Waals surface area contributed by atoms with Gasteiger partial charge in [0.2, 0.25) is 5.91 Å². The van der Waals surface area contributed by atoms with Crippen molar-refractivity contribution in [1.82, 2.24) is 5.32 Å². The van der Waals surface area contributed by atoms with Gasteiger partial charge in [0, 0.05) is 6.42 Å². The summed E-state index contributed by atoms with van der Waals surface area (Å²) in [5.41, 5.74) is 0. The van der Waals surface area contributed by atoms with Gasteiger partial charge in [0.25, 0.3) is 0 Å². The molecule has 0 aliphatic rings. The van der Waals surface area contributed by atoms with Crippen LogP contribution in [-0.4, -0.2) is 35.6 Å². The molecule has 2 N–H and O–H groups in total. The fourth-order valence-corrected chi connectivity index (χ4v) is 5.17. The Hall–Kier alpha value is -1.59. The Kier molecular flexibility index (Phi) is 27.8. The summed E-state index contributed by atoms with van der Waals surface area (Å²) >= 11 is 0. The highest BCUT2D eigenvalue weighted by Crippen LogP contribution is 2.17. The van der Waals surface area contributed by atoms with E-state index in [-0.39, 0.29) is 18.3 Å². The fourth-order valence-electron chi connectivity index (χ4n) is 5.17. The SMILES string of the molecule is CCCCCCCCCCCCCC(CC(=O)NCC(=O)O)OC(=O)CCCCCCCCCCCCC(C)C. The van der Waals surface area contributed by atoms with E-state index in [9.17, 15) is 14.4 Å². The molecular weight excluding hydrogens is 502 g/mol. The number of amides is 1. The number of esters is 1. The molecule has 0 radical (unpaired) electrons. The molecule has 0 heterocycles. The van der Waals surface area contributed by atoms with Crippen LogP contribution in [0, 0.1) is 5.92 Å². The minimum Gasteiger partial charge on any atom is -0.480 e. The summed E-state index contributed by atoms with van der Waals surface area (Å²) in [6, 6.07) is 0. The third-order valence-corrected chi connectivity index (χ3v) is 7.69. The van der Waals surface area contributed by atoms with E-state index in [1.807, 2.05) is 0 Å². The van der Waals surface area contributed by atoms with E-state index in [0.717, 1.165) is 38.0 Å². The Morgan fingerprint density at radius 3 is 1.50 bits per heavy atom. The summed E-state index contributed by atoms with van der Waals surface area (Å²) < 4.78 is 5.68. The summed E-state index contributed by atoms with van der Waals surface area (Å²) in [4.78, 5) is 35.4. The van der Waals surface area contributed by atoms with Crippen molar-refractivity contribution in [3.8, 4) is 0 Å². The van der Waals surface area contributed by atoms with Gasteiger partial charge in [-0.3, -0.25) is 14.4 Å². The topological polar surface area (TPSA) is 92.7 Å². The molecule has 0 aromatic rings. The zero-order chi connectivity index (χ0) is 29.7. The second-order valence-electron chi connectivity index (χ2n) is 12.3. The number of rotatable bonds is 30. The van der Waals surface area contributed by atoms with Gasteiger partial charge in [-0.15, -0.1) is 0 Å². The lowest BCUT2D eigenvalue weighted by Crippen LogP contribution is -2.33. The normalized spacial score (nSPS) is 12.0. The first-order chi connectivity index (χ1) is 19.3. The maximum atomic E-state index is 12.5. The highest BCUT2D eigenvalue weighted by molar-refractivity contribution is 5.81. The number of aliphatic carboxylic acids is 1. The van der Waals surface area contributed by atoms with Crippen molar-refractivity contribution in [2.75, 3.05) is 6.54 Å². The average molecular weight is 568 g/mol. The molecule has 6 nitrogen and oxygen atoms in total. The molecule has 0 rings (SSSR count). The van der Waals surface area contributed by atoms with Crippen LogP contribution in [0.5, 0.6) is 0 Å². The quantitative estimate of drug-likeness (QED) is 0.0666. The van der Waals surface area contributed by atoms with Crippen LogP contribution in [-0.2, 0) is 19.1 Å². The number of carboxylic acid groups (broad SMARTS) is 1. The molecular formula is C34H65NO5. The second kappa shape index (κ2) is 28.9. The van der Waals surface area contributed by atoms with E-state index in [0.29, 0.717) is 12.8 Å². The lowest BCUT2D eigenvalue weighted by molar-refractivity contribution is -0.151. The van der Waals surface area contributed by atoms with Crippen LogP contribution in [0.3, 0.4) is 0 Å². The summed E-state index contributed by atoms with van der Waals surface area (Å²) in [7, 11) is 0. The van der Waals surface area contributed by atoms with Gasteiger partial charge in [-0.25, -0.2) is 0 Å². The van der Waals surface area contributed by atoms with Gasteiger partial charge in [0.1, 0.15) is 12.6 Å². The molecule has 0 bridgehead atoms. The van der Waals surface area contributed by atoms with Gasteiger partial charge >= 0.3 is 11.9 Å². The molecule has 0 aliphatic heterocycles. The number of carboxylic acids is 1. The van der Waals surface area contributed by atoms with Crippen LogP contribution < -0.4 is 5.32 Å². The van der Waals surface area contributed by atoms with E-state index in [1.165, 1.54) is 109 Å². The van der Waals surface area contributed by atoms with Crippen molar-refractivity contribution in [2.45, 2.75) is 187 Å². The Bertz CT molecular complexity index is 607. The molecule has 0 saturated heterocycles. The smallest absolute Gasteiger partial charge is 0.322 e. The summed E-state index contributed by atoms with van der Waals surface area (Å²) in [5.74, 6) is -0.863. The molecule has 0 saturated carbocycles. The molecule has 0 fully saturated rings. The molecule has 1 unspecified atom stereocenters. The van der Waals surface area contributed by atoms with Crippen LogP contribution >= 0.6 is 0 Å². The monoisotopic (exact) mass is 567 g/mol. The standard InChI is InChI=1S/C34H65NO5/c1-4-5-6-7-8-9-10-14-17-20-23-26-31(28-32(36)35-29-33(37)38)40-34(39)27-24-21-18-15-12-11-13-16-19-22-25-30(2)3/h30-31H,4-29H2,1-3H3,(H,35,36)(H,37,38). The van der Waals surface area contributed by atoms with Gasteiger partial charge in [0.05, 0.1) is 6.42 Å². The summed E-state index contributed by atoms with van der Waals surface area (Å²) in [6.45, 7) is 6.42. The molecule has 6 heteroatoms. The van der Waals surface area contributed by atoms with Crippen LogP contribution in [0.4, 0.5) is 0 Å². The van der Waals surface area contributed by atoms with E-state index >= 15 is 0 Å². The first kappa shape index (κ1) is 38.4. The number of nitrogens with one attached hydrogen (secondary N) is 1. The van der Waals surface area contributed by atoms with Crippen molar-refractivity contribution in [3.63, 3.8) is 0 Å². The van der Waals surface area contributed by atoms with Crippen LogP contribution in [0.1, 0.15) is 181 Å². The van der Waals surface area contributed by atoms with Crippen molar-refractivity contribution >= 4 is 17.8 Å². The van der Waals surface area contributed by atoms with Crippen molar-refractivity contribution in [3.05, 3.63) is 0 Å². The molecule has 0 spiro atoms. The molecule has 40 heavy (non-hydrogen) atoms. The zero-order valence-corrected chi connectivity index (χ0v) is 26.6. The molecule has 236 valence electrons. The Morgan fingerprint density at radius 1 is 0.625 bits per heavy atom. The van der Waals surface area contributed by atoms with E-state index < -0.39 is 18.6 Å². The maximum Gasteiger partial charge on any atom is 0.322 e. The van der Waals surface area contributed by atoms with Gasteiger partial charge in [0.15, 0.2) is 0 Å². The number of carbonyl (C=O) groups is 3. The zero-order valence-electron chi connectivity index (χ0n) is 26.6. The largest absolute Gasteiger partial charge is 0.480 e. The number of unbranched alkanes of at least 4 members (excludes halogenated alkanes) is 19. The number of carbonyl (C=O) groups excluding carboxylic acids is 2. The number of ether oxygens (including phenoxy) is 1. The maximum absolute atomic E-state index is 12.5. The Labute approximate surface area is 247 Å². The van der Waals surface area contributed by atoms with Crippen LogP contribution in [0.2, 0.25) is 0 Å². The van der Waals surface area contributed by atoms with E-state index in [1.54, 1.807) is 0 Å². The molecule has 0 aromatic heterocycles. The number of hydrogen-bond donors (Lipinski definition) is 2. The minimum absolute atomic E-state index is 0.0360. The third kappa shape index (κ3) is 29.4. The minimum atomic E-state index is -1.08. The fraction of sp³-hybridized carbons (Fsp3) is 0.912. The lowest BCUT2D eigenvalue weighted by Gasteiger charge is -2.18. The molecule has 1 amide bonds. The highest BCUT2D eigenvalue weighted by Gasteiger charge is 2.18. The van der Waals surface area contributed by atoms with Gasteiger partial charge < -0.3 is 15.2 Å². The Balaban J connectivity index is 4.03. The first-order valence-electron chi connectivity index (χ1n) is 17.0. The van der Waals surface area contributed by atoms with Gasteiger partial charge in [-0.2, -0.15) is 0 Å². The first-order valence-corrected chi connectivity index (χ1v) is 17.0. The van der Waals surface area contributed by atoms with Crippen LogP contribution in [0.15, 0.2) is 0 Å². The van der Waals surface area contributed by atoms with Crippen molar-refractivity contribution in [1.29, 1.82) is 0 Å². The molecule has 0 aromatic carbocycles. The Morgan fingerprint density at radius 2 is 1.05 bits per heavy atom. The van der Waals surface area contributed by atoms with Gasteiger partial charge in [-0.05, 0) is 25.2 Å². The number of hydrogen-bond acceptors (Lipinski definition) is 4. The lowest BCUT2D eigenvalue weighted by atomic mass is 10.0. The molecule has 1 atom stereocenters. The van der Waals surface area contributed by atoms with Gasteiger partial charge in [-0.1, -0.05) is 149 Å². The van der Waals surface area contributed by atoms with Crippen LogP contribution in [0.25, 0.3) is 0 Å². The van der Waals surface area contributed by atoms with E-state index in [2.05, 4.69) is 26.1 Å². The highest BCUT2D eigenvalue weighted by atomic mass is 16.5. The van der Waals surface area contributed by atoms with E-state index in [4.69, 9.17) is 9.84 Å². The van der Waals surface area contributed by atoms with Crippen molar-refractivity contribution < 1.29 is 24.2 Å². The van der Waals surface area contributed by atoms with Crippen molar-refractivity contribution in [2.24, 2.45) is 5.92 Å². The predicted molar refractivity (Wildman–Crippen MR) is 166 cm³/mol. The third-order valence-electron chi connectivity index (χ3n) is 7.69. The predicted octanol–water partition coefficient (Wildman–Crippen LogP) is 9.53. The second-order valence-corrected chi connectivity index (χ2v) is 12.3. The summed E-state index contributed by atoms with van der Waals surface area (Å²) in [6.07, 6.45) is 27.9. The summed E-state index contributed by atoms with van der Waals surface area (Å²) in [5, 5.41) is 11.2. The average Bonchev–Trinajstić information content (AvgIpc) is 2.90.